The highest BCUT2D eigenvalue weighted by Crippen LogP contribution is 2.39. The SMILES string of the molecule is CCn1c(O)c(N=NC(=O)COc2ccc3ccccc3c2)c2cc(Cl)ccc21. The Morgan fingerprint density at radius 2 is 1.90 bits per heavy atom. The summed E-state index contributed by atoms with van der Waals surface area (Å²) in [5.74, 6) is -0.0433. The molecule has 4 rings (SSSR count). The van der Waals surface area contributed by atoms with Crippen LogP contribution in [0.25, 0.3) is 21.7 Å². The normalized spacial score (nSPS) is 11.5. The Morgan fingerprint density at radius 3 is 2.69 bits per heavy atom. The van der Waals surface area contributed by atoms with Gasteiger partial charge >= 0.3 is 5.91 Å². The van der Waals surface area contributed by atoms with E-state index < -0.39 is 5.91 Å². The van der Waals surface area contributed by atoms with Crippen LogP contribution in [0.4, 0.5) is 5.69 Å². The minimum absolute atomic E-state index is 0.0586. The van der Waals surface area contributed by atoms with Gasteiger partial charge in [-0.25, -0.2) is 0 Å². The monoisotopic (exact) mass is 407 g/mol. The molecule has 1 aromatic heterocycles. The Morgan fingerprint density at radius 1 is 1.10 bits per heavy atom. The Hall–Kier alpha value is -3.38. The molecule has 0 aliphatic carbocycles. The highest BCUT2D eigenvalue weighted by Gasteiger charge is 2.16. The second-order valence-corrected chi connectivity index (χ2v) is 6.91. The third-order valence-electron chi connectivity index (χ3n) is 4.63. The molecule has 0 unspecified atom stereocenters. The maximum Gasteiger partial charge on any atom is 0.302 e. The average molecular weight is 408 g/mol. The van der Waals surface area contributed by atoms with Crippen molar-refractivity contribution in [1.82, 2.24) is 4.57 Å². The van der Waals surface area contributed by atoms with E-state index in [-0.39, 0.29) is 18.2 Å². The van der Waals surface area contributed by atoms with Gasteiger partial charge in [-0.1, -0.05) is 41.9 Å². The highest BCUT2D eigenvalue weighted by molar-refractivity contribution is 6.31. The first kappa shape index (κ1) is 19.0. The fourth-order valence-electron chi connectivity index (χ4n) is 3.25. The number of nitrogens with zero attached hydrogens (tertiary/aromatic N) is 3. The number of ether oxygens (including phenoxy) is 1. The first-order valence-electron chi connectivity index (χ1n) is 9.13. The predicted octanol–water partition coefficient (Wildman–Crippen LogP) is 5.86. The molecular weight excluding hydrogens is 390 g/mol. The molecule has 0 saturated carbocycles. The quantitative estimate of drug-likeness (QED) is 0.421. The summed E-state index contributed by atoms with van der Waals surface area (Å²) in [5.41, 5.74) is 0.978. The number of carbonyl (C=O) groups is 1. The Kier molecular flexibility index (Phi) is 5.18. The van der Waals surface area contributed by atoms with Crippen molar-refractivity contribution >= 4 is 44.9 Å². The van der Waals surface area contributed by atoms with Gasteiger partial charge in [0.25, 0.3) is 0 Å². The molecule has 0 fully saturated rings. The predicted molar refractivity (Wildman–Crippen MR) is 113 cm³/mol. The van der Waals surface area contributed by atoms with Crippen LogP contribution >= 0.6 is 11.6 Å². The van der Waals surface area contributed by atoms with Crippen molar-refractivity contribution in [3.05, 3.63) is 65.7 Å². The molecule has 7 heteroatoms. The van der Waals surface area contributed by atoms with Crippen molar-refractivity contribution in [1.29, 1.82) is 0 Å². The molecule has 1 N–H and O–H groups in total. The highest BCUT2D eigenvalue weighted by atomic mass is 35.5. The first-order chi connectivity index (χ1) is 14.1. The number of hydrogen-bond donors (Lipinski definition) is 1. The van der Waals surface area contributed by atoms with Gasteiger partial charge in [-0.3, -0.25) is 4.79 Å². The summed E-state index contributed by atoms with van der Waals surface area (Å²) in [5, 5.41) is 21.4. The molecule has 6 nitrogen and oxygen atoms in total. The largest absolute Gasteiger partial charge is 0.493 e. The molecule has 29 heavy (non-hydrogen) atoms. The molecule has 0 bridgehead atoms. The summed E-state index contributed by atoms with van der Waals surface area (Å²) in [6, 6.07) is 18.7. The fraction of sp³-hybridized carbons (Fsp3) is 0.136. The summed E-state index contributed by atoms with van der Waals surface area (Å²) in [4.78, 5) is 12.1. The van der Waals surface area contributed by atoms with Crippen molar-refractivity contribution < 1.29 is 14.6 Å². The number of aromatic hydroxyl groups is 1. The van der Waals surface area contributed by atoms with E-state index in [0.717, 1.165) is 16.3 Å². The lowest BCUT2D eigenvalue weighted by molar-refractivity contribution is -0.120. The maximum atomic E-state index is 12.1. The van der Waals surface area contributed by atoms with Gasteiger partial charge in [0.2, 0.25) is 5.88 Å². The van der Waals surface area contributed by atoms with Crippen molar-refractivity contribution in [2.24, 2.45) is 10.2 Å². The standard InChI is InChI=1S/C22H18ClN3O3/c1-2-26-19-10-8-16(23)12-18(19)21(22(26)28)25-24-20(27)13-29-17-9-7-14-5-3-4-6-15(14)11-17/h3-12,28H,2,13H2,1H3. The summed E-state index contributed by atoms with van der Waals surface area (Å²) in [6.45, 7) is 2.19. The van der Waals surface area contributed by atoms with Crippen LogP contribution < -0.4 is 4.74 Å². The van der Waals surface area contributed by atoms with E-state index in [1.807, 2.05) is 43.3 Å². The van der Waals surface area contributed by atoms with Crippen LogP contribution in [0.1, 0.15) is 6.92 Å². The Balaban J connectivity index is 1.52. The first-order valence-corrected chi connectivity index (χ1v) is 9.51. The summed E-state index contributed by atoms with van der Waals surface area (Å²) >= 11 is 6.07. The van der Waals surface area contributed by atoms with Crippen LogP contribution in [-0.2, 0) is 11.3 Å². The maximum absolute atomic E-state index is 12.1. The van der Waals surface area contributed by atoms with Crippen LogP contribution in [0, 0.1) is 0 Å². The van der Waals surface area contributed by atoms with Gasteiger partial charge in [0.1, 0.15) is 5.75 Å². The number of aromatic nitrogens is 1. The smallest absolute Gasteiger partial charge is 0.302 e. The number of hydrogen-bond acceptors (Lipinski definition) is 4. The van der Waals surface area contributed by atoms with E-state index in [2.05, 4.69) is 10.2 Å². The molecule has 3 aromatic carbocycles. The van der Waals surface area contributed by atoms with Gasteiger partial charge in [0, 0.05) is 17.0 Å². The molecule has 1 heterocycles. The summed E-state index contributed by atoms with van der Waals surface area (Å²) in [7, 11) is 0. The number of halogens is 1. The number of fused-ring (bicyclic) bond motifs is 2. The van der Waals surface area contributed by atoms with Gasteiger partial charge in [0.05, 0.1) is 5.52 Å². The molecule has 1 amide bonds. The van der Waals surface area contributed by atoms with Crippen LogP contribution in [0.5, 0.6) is 11.6 Å². The van der Waals surface area contributed by atoms with Crippen molar-refractivity contribution in [2.75, 3.05) is 6.61 Å². The lowest BCUT2D eigenvalue weighted by atomic mass is 10.1. The number of amides is 1. The zero-order valence-corrected chi connectivity index (χ0v) is 16.4. The van der Waals surface area contributed by atoms with E-state index in [1.54, 1.807) is 28.8 Å². The van der Waals surface area contributed by atoms with Crippen LogP contribution in [0.2, 0.25) is 5.02 Å². The topological polar surface area (TPSA) is 76.2 Å². The van der Waals surface area contributed by atoms with E-state index in [4.69, 9.17) is 16.3 Å². The summed E-state index contributed by atoms with van der Waals surface area (Å²) in [6.07, 6.45) is 0. The molecule has 146 valence electrons. The second kappa shape index (κ2) is 7.93. The van der Waals surface area contributed by atoms with E-state index in [1.165, 1.54) is 0 Å². The molecule has 4 aromatic rings. The molecule has 0 atom stereocenters. The summed E-state index contributed by atoms with van der Waals surface area (Å²) < 4.78 is 7.21. The number of azo groups is 1. The van der Waals surface area contributed by atoms with Crippen LogP contribution in [-0.4, -0.2) is 22.2 Å². The second-order valence-electron chi connectivity index (χ2n) is 6.47. The lowest BCUT2D eigenvalue weighted by Gasteiger charge is -2.04. The van der Waals surface area contributed by atoms with Crippen LogP contribution in [0.15, 0.2) is 70.9 Å². The molecule has 0 spiro atoms. The van der Waals surface area contributed by atoms with Crippen LogP contribution in [0.3, 0.4) is 0 Å². The number of rotatable bonds is 5. The fourth-order valence-corrected chi connectivity index (χ4v) is 3.42. The average Bonchev–Trinajstić information content (AvgIpc) is 3.00. The van der Waals surface area contributed by atoms with Crippen molar-refractivity contribution in [3.63, 3.8) is 0 Å². The van der Waals surface area contributed by atoms with Crippen molar-refractivity contribution in [2.45, 2.75) is 13.5 Å². The molecule has 0 aliphatic rings. The van der Waals surface area contributed by atoms with Gasteiger partial charge in [-0.2, -0.15) is 0 Å². The zero-order chi connectivity index (χ0) is 20.4. The third-order valence-corrected chi connectivity index (χ3v) is 4.87. The zero-order valence-electron chi connectivity index (χ0n) is 15.7. The number of benzene rings is 3. The lowest BCUT2D eigenvalue weighted by Crippen LogP contribution is -2.07. The number of aryl methyl sites for hydroxylation is 1. The molecule has 0 saturated heterocycles. The molecule has 0 radical (unpaired) electrons. The van der Waals surface area contributed by atoms with Gasteiger partial charge in [-0.15, -0.1) is 10.2 Å². The Labute approximate surface area is 172 Å². The number of carbonyl (C=O) groups excluding carboxylic acids is 1. The third kappa shape index (κ3) is 3.79. The van der Waals surface area contributed by atoms with Gasteiger partial charge < -0.3 is 14.4 Å². The minimum atomic E-state index is -0.558. The van der Waals surface area contributed by atoms with E-state index >= 15 is 0 Å². The van der Waals surface area contributed by atoms with E-state index in [9.17, 15) is 9.90 Å². The van der Waals surface area contributed by atoms with Crippen molar-refractivity contribution in [3.8, 4) is 11.6 Å². The van der Waals surface area contributed by atoms with Gasteiger partial charge in [-0.05, 0) is 48.0 Å². The molecule has 0 aliphatic heterocycles. The minimum Gasteiger partial charge on any atom is -0.493 e. The van der Waals surface area contributed by atoms with E-state index in [0.29, 0.717) is 22.7 Å². The Bertz CT molecular complexity index is 1250. The molecular formula is C22H18ClN3O3. The van der Waals surface area contributed by atoms with Gasteiger partial charge in [0.15, 0.2) is 12.3 Å².